The summed E-state index contributed by atoms with van der Waals surface area (Å²) in [7, 11) is 0. The molecule has 1 aliphatic rings. The van der Waals surface area contributed by atoms with Gasteiger partial charge in [-0.2, -0.15) is 0 Å². The molecular weight excluding hydrogens is 829 g/mol. The summed E-state index contributed by atoms with van der Waals surface area (Å²) in [5.74, 6) is -0.324. The van der Waals surface area contributed by atoms with Crippen LogP contribution < -0.4 is 0 Å². The molecule has 0 amide bonds. The molecule has 66 heavy (non-hydrogen) atoms. The third kappa shape index (κ3) is 38.1. The van der Waals surface area contributed by atoms with Gasteiger partial charge >= 0.3 is 5.97 Å². The second-order valence-electron chi connectivity index (χ2n) is 19.0. The summed E-state index contributed by atoms with van der Waals surface area (Å²) < 4.78 is 22.9. The molecule has 6 atom stereocenters. The molecule has 9 heteroatoms. The molecule has 1 aliphatic heterocycles. The summed E-state index contributed by atoms with van der Waals surface area (Å²) in [4.78, 5) is 12.9. The van der Waals surface area contributed by atoms with Gasteiger partial charge in [-0.1, -0.05) is 210 Å². The van der Waals surface area contributed by atoms with Crippen molar-refractivity contribution < 1.29 is 44.2 Å². The maximum absolute atomic E-state index is 12.9. The molecule has 1 rings (SSSR count). The molecule has 1 heterocycles. The van der Waals surface area contributed by atoms with Gasteiger partial charge in [0.2, 0.25) is 0 Å². The lowest BCUT2D eigenvalue weighted by atomic mass is 9.99. The lowest BCUT2D eigenvalue weighted by Gasteiger charge is -2.39. The Morgan fingerprint density at radius 1 is 0.485 bits per heavy atom. The third-order valence-electron chi connectivity index (χ3n) is 12.7. The summed E-state index contributed by atoms with van der Waals surface area (Å²) in [5.41, 5.74) is 0. The summed E-state index contributed by atoms with van der Waals surface area (Å²) in [5, 5.41) is 40.3. The van der Waals surface area contributed by atoms with Crippen LogP contribution in [-0.4, -0.2) is 89.6 Å². The van der Waals surface area contributed by atoms with Crippen LogP contribution in [-0.2, 0) is 23.7 Å². The molecule has 0 spiro atoms. The van der Waals surface area contributed by atoms with Gasteiger partial charge in [-0.25, -0.2) is 0 Å². The molecule has 0 radical (unpaired) electrons. The lowest BCUT2D eigenvalue weighted by Crippen LogP contribution is -2.59. The molecule has 386 valence electrons. The fourth-order valence-corrected chi connectivity index (χ4v) is 8.38. The van der Waals surface area contributed by atoms with E-state index in [1.165, 1.54) is 167 Å². The number of hydrogen-bond acceptors (Lipinski definition) is 9. The number of allylic oxidation sites excluding steroid dienone is 8. The van der Waals surface area contributed by atoms with Crippen LogP contribution in [0.1, 0.15) is 245 Å². The molecule has 0 bridgehead atoms. The van der Waals surface area contributed by atoms with Crippen LogP contribution in [0.3, 0.4) is 0 Å². The van der Waals surface area contributed by atoms with Crippen molar-refractivity contribution in [3.8, 4) is 0 Å². The Bertz CT molecular complexity index is 1150. The standard InChI is InChI=1S/C57H104O9/c1-3-5-7-9-11-13-15-17-19-21-23-24-25-26-27-29-31-33-35-37-39-41-43-45-47-63-49-51(50-64-57-56(62)55(61)54(60)52(48-58)66-57)65-53(59)46-44-42-40-38-36-34-32-30-28-22-20-18-16-14-12-10-8-6-4-2/h12,14,18,20-21,23,28,30,51-52,54-58,60-62H,3-11,13,15-17,19,22,24-27,29,31-50H2,1-2H3/b14-12-,20-18-,23-21-,30-28-. The van der Waals surface area contributed by atoms with Crippen LogP contribution in [0.15, 0.2) is 48.6 Å². The molecule has 9 nitrogen and oxygen atoms in total. The number of esters is 1. The molecule has 1 fully saturated rings. The van der Waals surface area contributed by atoms with E-state index in [9.17, 15) is 25.2 Å². The highest BCUT2D eigenvalue weighted by atomic mass is 16.7. The average Bonchev–Trinajstić information content (AvgIpc) is 3.32. The SMILES string of the molecule is CCCCC/C=C\C/C=C\C/C=C\CCCCCCCCC(=O)OC(COCCCCCCCCCCCCCC/C=C\CCCCCCCCCC)COC1OC(CO)C(O)C(O)C1O. The minimum absolute atomic E-state index is 0.119. The van der Waals surface area contributed by atoms with E-state index in [4.69, 9.17) is 18.9 Å². The Balaban J connectivity index is 2.17. The largest absolute Gasteiger partial charge is 0.457 e. The topological polar surface area (TPSA) is 135 Å². The normalized spacial score (nSPS) is 19.6. The molecular formula is C57H104O9. The molecule has 0 aromatic carbocycles. The molecule has 0 aromatic rings. The first kappa shape index (κ1) is 62.2. The van der Waals surface area contributed by atoms with E-state index in [-0.39, 0.29) is 19.2 Å². The third-order valence-corrected chi connectivity index (χ3v) is 12.7. The Morgan fingerprint density at radius 2 is 0.879 bits per heavy atom. The zero-order valence-corrected chi connectivity index (χ0v) is 42.7. The van der Waals surface area contributed by atoms with E-state index in [2.05, 4.69) is 62.5 Å². The van der Waals surface area contributed by atoms with E-state index >= 15 is 0 Å². The number of aliphatic hydroxyl groups is 4. The van der Waals surface area contributed by atoms with Crippen LogP contribution in [0, 0.1) is 0 Å². The Morgan fingerprint density at radius 3 is 1.36 bits per heavy atom. The lowest BCUT2D eigenvalue weighted by molar-refractivity contribution is -0.305. The number of carbonyl (C=O) groups is 1. The van der Waals surface area contributed by atoms with Gasteiger partial charge in [-0.15, -0.1) is 0 Å². The quantitative estimate of drug-likeness (QED) is 0.0267. The first-order valence-corrected chi connectivity index (χ1v) is 27.7. The maximum atomic E-state index is 12.9. The van der Waals surface area contributed by atoms with Crippen LogP contribution in [0.5, 0.6) is 0 Å². The first-order chi connectivity index (χ1) is 32.4. The zero-order valence-electron chi connectivity index (χ0n) is 42.7. The minimum Gasteiger partial charge on any atom is -0.457 e. The number of ether oxygens (including phenoxy) is 4. The second kappa shape index (κ2) is 48.2. The van der Waals surface area contributed by atoms with Crippen LogP contribution in [0.4, 0.5) is 0 Å². The van der Waals surface area contributed by atoms with E-state index < -0.39 is 43.4 Å². The molecule has 0 saturated carbocycles. The Kier molecular flexibility index (Phi) is 45.4. The van der Waals surface area contributed by atoms with Crippen molar-refractivity contribution in [2.75, 3.05) is 26.4 Å². The van der Waals surface area contributed by atoms with Gasteiger partial charge in [0, 0.05) is 13.0 Å². The van der Waals surface area contributed by atoms with Crippen LogP contribution >= 0.6 is 0 Å². The minimum atomic E-state index is -1.54. The Labute approximate surface area is 405 Å². The predicted molar refractivity (Wildman–Crippen MR) is 275 cm³/mol. The van der Waals surface area contributed by atoms with Crippen molar-refractivity contribution in [1.82, 2.24) is 0 Å². The fourth-order valence-electron chi connectivity index (χ4n) is 8.38. The number of aliphatic hydroxyl groups excluding tert-OH is 4. The number of carbonyl (C=O) groups excluding carboxylic acids is 1. The number of hydrogen-bond donors (Lipinski definition) is 4. The van der Waals surface area contributed by atoms with Crippen molar-refractivity contribution in [3.05, 3.63) is 48.6 Å². The highest BCUT2D eigenvalue weighted by Crippen LogP contribution is 2.23. The number of unbranched alkanes of at least 4 members (excludes halogenated alkanes) is 29. The smallest absolute Gasteiger partial charge is 0.306 e. The van der Waals surface area contributed by atoms with Crippen molar-refractivity contribution in [2.45, 2.75) is 282 Å². The highest BCUT2D eigenvalue weighted by molar-refractivity contribution is 5.69. The number of rotatable bonds is 48. The van der Waals surface area contributed by atoms with Gasteiger partial charge in [0.25, 0.3) is 0 Å². The van der Waals surface area contributed by atoms with E-state index in [0.29, 0.717) is 13.0 Å². The fraction of sp³-hybridized carbons (Fsp3) is 0.842. The Hall–Kier alpha value is -1.85. The highest BCUT2D eigenvalue weighted by Gasteiger charge is 2.44. The van der Waals surface area contributed by atoms with Crippen molar-refractivity contribution in [3.63, 3.8) is 0 Å². The molecule has 4 N–H and O–H groups in total. The summed E-state index contributed by atoms with van der Waals surface area (Å²) in [6.45, 7) is 4.54. The maximum Gasteiger partial charge on any atom is 0.306 e. The van der Waals surface area contributed by atoms with Gasteiger partial charge < -0.3 is 39.4 Å². The summed E-state index contributed by atoms with van der Waals surface area (Å²) in [6, 6.07) is 0. The van der Waals surface area contributed by atoms with Crippen molar-refractivity contribution in [2.24, 2.45) is 0 Å². The van der Waals surface area contributed by atoms with Gasteiger partial charge in [-0.05, 0) is 77.0 Å². The predicted octanol–water partition coefficient (Wildman–Crippen LogP) is 14.0. The van der Waals surface area contributed by atoms with Gasteiger partial charge in [0.15, 0.2) is 6.29 Å². The van der Waals surface area contributed by atoms with Gasteiger partial charge in [0.05, 0.1) is 19.8 Å². The van der Waals surface area contributed by atoms with Crippen molar-refractivity contribution >= 4 is 5.97 Å². The van der Waals surface area contributed by atoms with Crippen LogP contribution in [0.25, 0.3) is 0 Å². The van der Waals surface area contributed by atoms with Crippen molar-refractivity contribution in [1.29, 1.82) is 0 Å². The zero-order chi connectivity index (χ0) is 47.8. The van der Waals surface area contributed by atoms with E-state index in [1.807, 2.05) is 0 Å². The van der Waals surface area contributed by atoms with Gasteiger partial charge in [-0.3, -0.25) is 4.79 Å². The molecule has 0 aliphatic carbocycles. The monoisotopic (exact) mass is 933 g/mol. The summed E-state index contributed by atoms with van der Waals surface area (Å²) in [6.07, 6.45) is 54.4. The van der Waals surface area contributed by atoms with Gasteiger partial charge in [0.1, 0.15) is 30.5 Å². The average molecular weight is 933 g/mol. The van der Waals surface area contributed by atoms with E-state index in [1.54, 1.807) is 0 Å². The van der Waals surface area contributed by atoms with Crippen LogP contribution in [0.2, 0.25) is 0 Å². The first-order valence-electron chi connectivity index (χ1n) is 27.7. The second-order valence-corrected chi connectivity index (χ2v) is 19.0. The summed E-state index contributed by atoms with van der Waals surface area (Å²) >= 11 is 0. The molecule has 6 unspecified atom stereocenters. The molecule has 0 aromatic heterocycles. The molecule has 1 saturated heterocycles. The van der Waals surface area contributed by atoms with E-state index in [0.717, 1.165) is 57.8 Å².